The zero-order valence-electron chi connectivity index (χ0n) is 14.4. The summed E-state index contributed by atoms with van der Waals surface area (Å²) < 4.78 is 0. The number of aromatic hydroxyl groups is 1. The fourth-order valence-corrected chi connectivity index (χ4v) is 3.02. The van der Waals surface area contributed by atoms with Crippen molar-refractivity contribution >= 4 is 11.6 Å². The fourth-order valence-electron chi connectivity index (χ4n) is 3.02. The monoisotopic (exact) mass is 319 g/mol. The number of amides is 1. The van der Waals surface area contributed by atoms with E-state index in [1.165, 1.54) is 0 Å². The van der Waals surface area contributed by atoms with Crippen molar-refractivity contribution in [1.29, 1.82) is 0 Å². The number of hydrogen-bond acceptors (Lipinski definition) is 4. The predicted octanol–water partition coefficient (Wildman–Crippen LogP) is 2.16. The average molecular weight is 319 g/mol. The van der Waals surface area contributed by atoms with Crippen LogP contribution in [0.4, 0.5) is 5.69 Å². The molecule has 1 saturated heterocycles. The molecular weight excluding hydrogens is 290 g/mol. The maximum absolute atomic E-state index is 12.4. The molecule has 1 amide bonds. The molecule has 0 saturated carbocycles. The minimum absolute atomic E-state index is 0.256. The molecule has 0 radical (unpaired) electrons. The van der Waals surface area contributed by atoms with Gasteiger partial charge in [-0.2, -0.15) is 0 Å². The number of benzene rings is 1. The molecule has 1 aromatic carbocycles. The van der Waals surface area contributed by atoms with E-state index in [0.717, 1.165) is 57.8 Å². The summed E-state index contributed by atoms with van der Waals surface area (Å²) in [5.41, 5.74) is 1.13. The number of phenols is 1. The van der Waals surface area contributed by atoms with E-state index in [1.807, 2.05) is 17.0 Å². The first kappa shape index (κ1) is 17.6. The van der Waals surface area contributed by atoms with Crippen molar-refractivity contribution < 1.29 is 9.90 Å². The molecule has 0 aromatic heterocycles. The predicted molar refractivity (Wildman–Crippen MR) is 93.9 cm³/mol. The summed E-state index contributed by atoms with van der Waals surface area (Å²) in [5.74, 6) is 0.553. The molecule has 1 aromatic rings. The summed E-state index contributed by atoms with van der Waals surface area (Å²) in [7, 11) is 0. The molecule has 1 aliphatic rings. The Balaban J connectivity index is 1.81. The zero-order chi connectivity index (χ0) is 16.7. The van der Waals surface area contributed by atoms with Crippen molar-refractivity contribution in [2.24, 2.45) is 0 Å². The van der Waals surface area contributed by atoms with Crippen molar-refractivity contribution in [3.8, 4) is 5.75 Å². The standard InChI is InChI=1S/C18H29N3O2/c1-3-9-21(10-4-2)18(23)15-19-11-13-20(14-12-19)16-5-7-17(22)8-6-16/h5-8,22H,3-4,9-15H2,1-2H3. The Morgan fingerprint density at radius 3 is 2.13 bits per heavy atom. The van der Waals surface area contributed by atoms with Gasteiger partial charge in [0.2, 0.25) is 5.91 Å². The van der Waals surface area contributed by atoms with E-state index < -0.39 is 0 Å². The number of phenolic OH excluding ortho intramolecular Hbond substituents is 1. The number of carbonyl (C=O) groups excluding carboxylic acids is 1. The van der Waals surface area contributed by atoms with E-state index >= 15 is 0 Å². The lowest BCUT2D eigenvalue weighted by molar-refractivity contribution is -0.132. The molecule has 5 heteroatoms. The van der Waals surface area contributed by atoms with E-state index in [2.05, 4.69) is 23.6 Å². The number of nitrogens with zero attached hydrogens (tertiary/aromatic N) is 3. The molecule has 2 rings (SSSR count). The molecule has 1 aliphatic heterocycles. The van der Waals surface area contributed by atoms with Gasteiger partial charge in [0.05, 0.1) is 6.54 Å². The topological polar surface area (TPSA) is 47.0 Å². The van der Waals surface area contributed by atoms with Gasteiger partial charge in [-0.15, -0.1) is 0 Å². The van der Waals surface area contributed by atoms with Crippen LogP contribution in [-0.4, -0.2) is 66.6 Å². The Morgan fingerprint density at radius 2 is 1.61 bits per heavy atom. The summed E-state index contributed by atoms with van der Waals surface area (Å²) >= 11 is 0. The Bertz CT molecular complexity index is 476. The molecule has 0 spiro atoms. The highest BCUT2D eigenvalue weighted by Crippen LogP contribution is 2.19. The van der Waals surface area contributed by atoms with E-state index in [0.29, 0.717) is 12.3 Å². The highest BCUT2D eigenvalue weighted by molar-refractivity contribution is 5.78. The average Bonchev–Trinajstić information content (AvgIpc) is 2.56. The van der Waals surface area contributed by atoms with Crippen molar-refractivity contribution in [3.63, 3.8) is 0 Å². The van der Waals surface area contributed by atoms with Crippen LogP contribution in [0.3, 0.4) is 0 Å². The molecule has 5 nitrogen and oxygen atoms in total. The molecule has 23 heavy (non-hydrogen) atoms. The van der Waals surface area contributed by atoms with Crippen LogP contribution in [0.2, 0.25) is 0 Å². The Hall–Kier alpha value is -1.75. The van der Waals surface area contributed by atoms with Gasteiger partial charge in [0, 0.05) is 45.0 Å². The van der Waals surface area contributed by atoms with Gasteiger partial charge in [-0.25, -0.2) is 0 Å². The van der Waals surface area contributed by atoms with Gasteiger partial charge in [0.25, 0.3) is 0 Å². The van der Waals surface area contributed by atoms with Crippen LogP contribution in [0.1, 0.15) is 26.7 Å². The van der Waals surface area contributed by atoms with Gasteiger partial charge in [-0.1, -0.05) is 13.8 Å². The number of carbonyl (C=O) groups is 1. The number of piperazine rings is 1. The van der Waals surface area contributed by atoms with Crippen LogP contribution in [0.5, 0.6) is 5.75 Å². The molecule has 0 bridgehead atoms. The lowest BCUT2D eigenvalue weighted by Crippen LogP contribution is -2.50. The summed E-state index contributed by atoms with van der Waals surface area (Å²) in [5, 5.41) is 9.37. The third-order valence-electron chi connectivity index (χ3n) is 4.29. The van der Waals surface area contributed by atoms with E-state index in [9.17, 15) is 9.90 Å². The second-order valence-corrected chi connectivity index (χ2v) is 6.16. The summed E-state index contributed by atoms with van der Waals surface area (Å²) in [6, 6.07) is 7.33. The highest BCUT2D eigenvalue weighted by Gasteiger charge is 2.21. The van der Waals surface area contributed by atoms with Crippen LogP contribution >= 0.6 is 0 Å². The first-order valence-corrected chi connectivity index (χ1v) is 8.68. The normalized spacial score (nSPS) is 15.7. The van der Waals surface area contributed by atoms with Crippen molar-refractivity contribution in [2.45, 2.75) is 26.7 Å². The van der Waals surface area contributed by atoms with Gasteiger partial charge in [0.1, 0.15) is 5.75 Å². The molecular formula is C18H29N3O2. The Labute approximate surface area is 139 Å². The smallest absolute Gasteiger partial charge is 0.236 e. The third-order valence-corrected chi connectivity index (χ3v) is 4.29. The molecule has 0 atom stereocenters. The molecule has 128 valence electrons. The van der Waals surface area contributed by atoms with Crippen LogP contribution in [0.25, 0.3) is 0 Å². The molecule has 0 aliphatic carbocycles. The zero-order valence-corrected chi connectivity index (χ0v) is 14.4. The molecule has 1 N–H and O–H groups in total. The maximum Gasteiger partial charge on any atom is 0.236 e. The minimum atomic E-state index is 0.256. The van der Waals surface area contributed by atoms with Gasteiger partial charge < -0.3 is 14.9 Å². The molecule has 1 fully saturated rings. The highest BCUT2D eigenvalue weighted by atomic mass is 16.3. The van der Waals surface area contributed by atoms with Crippen LogP contribution in [-0.2, 0) is 4.79 Å². The third kappa shape index (κ3) is 5.13. The van der Waals surface area contributed by atoms with Crippen LogP contribution in [0.15, 0.2) is 24.3 Å². The Morgan fingerprint density at radius 1 is 1.04 bits per heavy atom. The quantitative estimate of drug-likeness (QED) is 0.837. The van der Waals surface area contributed by atoms with Crippen LogP contribution in [0, 0.1) is 0 Å². The van der Waals surface area contributed by atoms with Crippen molar-refractivity contribution in [2.75, 3.05) is 50.7 Å². The van der Waals surface area contributed by atoms with Gasteiger partial charge in [-0.3, -0.25) is 9.69 Å². The fraction of sp³-hybridized carbons (Fsp3) is 0.611. The largest absolute Gasteiger partial charge is 0.508 e. The summed E-state index contributed by atoms with van der Waals surface area (Å²) in [6.07, 6.45) is 2.03. The number of hydrogen-bond donors (Lipinski definition) is 1. The second kappa shape index (κ2) is 8.77. The summed E-state index contributed by atoms with van der Waals surface area (Å²) in [4.78, 5) is 19.0. The lowest BCUT2D eigenvalue weighted by Gasteiger charge is -2.36. The first-order valence-electron chi connectivity index (χ1n) is 8.68. The van der Waals surface area contributed by atoms with Gasteiger partial charge in [0.15, 0.2) is 0 Å². The van der Waals surface area contributed by atoms with Gasteiger partial charge in [-0.05, 0) is 37.1 Å². The van der Waals surface area contributed by atoms with Crippen molar-refractivity contribution in [3.05, 3.63) is 24.3 Å². The number of anilines is 1. The van der Waals surface area contributed by atoms with E-state index in [-0.39, 0.29) is 5.91 Å². The van der Waals surface area contributed by atoms with Crippen molar-refractivity contribution in [1.82, 2.24) is 9.80 Å². The Kier molecular flexibility index (Phi) is 6.71. The van der Waals surface area contributed by atoms with E-state index in [1.54, 1.807) is 12.1 Å². The SMILES string of the molecule is CCCN(CCC)C(=O)CN1CCN(c2ccc(O)cc2)CC1. The maximum atomic E-state index is 12.4. The first-order chi connectivity index (χ1) is 11.1. The lowest BCUT2D eigenvalue weighted by atomic mass is 10.2. The molecule has 1 heterocycles. The second-order valence-electron chi connectivity index (χ2n) is 6.16. The van der Waals surface area contributed by atoms with E-state index in [4.69, 9.17) is 0 Å². The summed E-state index contributed by atoms with van der Waals surface area (Å²) in [6.45, 7) is 10.1. The molecule has 0 unspecified atom stereocenters. The minimum Gasteiger partial charge on any atom is -0.508 e. The van der Waals surface area contributed by atoms with Gasteiger partial charge >= 0.3 is 0 Å². The number of rotatable bonds is 7. The van der Waals surface area contributed by atoms with Crippen LogP contribution < -0.4 is 4.90 Å².